The molecule has 4 heterocycles. The number of fused-ring (bicyclic) bond motifs is 1. The third kappa shape index (κ3) is 5.50. The fourth-order valence-corrected chi connectivity index (χ4v) is 4.08. The number of Topliss-reactive ketones (excluding diaryl/α,β-unsaturated/α-hetero) is 1. The zero-order valence-electron chi connectivity index (χ0n) is 20.2. The molecule has 0 radical (unpaired) electrons. The molecule has 0 unspecified atom stereocenters. The van der Waals surface area contributed by atoms with Crippen LogP contribution in [0.2, 0.25) is 0 Å². The number of hydrogen-bond donors (Lipinski definition) is 0. The highest BCUT2D eigenvalue weighted by Crippen LogP contribution is 2.31. The Morgan fingerprint density at radius 3 is 2.73 bits per heavy atom. The van der Waals surface area contributed by atoms with Crippen LogP contribution in [0.25, 0.3) is 16.6 Å². The molecule has 0 saturated carbocycles. The van der Waals surface area contributed by atoms with E-state index in [0.29, 0.717) is 29.1 Å². The molecule has 0 atom stereocenters. The number of ether oxygens (including phenoxy) is 3. The van der Waals surface area contributed by atoms with Crippen LogP contribution in [-0.2, 0) is 4.74 Å². The topological polar surface area (TPSA) is 95.8 Å². The van der Waals surface area contributed by atoms with Gasteiger partial charge in [-0.15, -0.1) is 0 Å². The molecule has 190 valence electrons. The molecule has 1 saturated heterocycles. The summed E-state index contributed by atoms with van der Waals surface area (Å²) in [5.41, 5.74) is 0.386. The molecule has 5 rings (SSSR count). The molecule has 0 N–H and O–H groups in total. The second-order valence-electron chi connectivity index (χ2n) is 8.52. The van der Waals surface area contributed by atoms with Gasteiger partial charge in [0.05, 0.1) is 35.4 Å². The van der Waals surface area contributed by atoms with E-state index in [9.17, 15) is 14.0 Å². The lowest BCUT2D eigenvalue weighted by Crippen LogP contribution is -2.38. The van der Waals surface area contributed by atoms with Crippen molar-refractivity contribution in [3.8, 4) is 23.1 Å². The highest BCUT2D eigenvalue weighted by Gasteiger charge is 2.14. The fourth-order valence-electron chi connectivity index (χ4n) is 4.08. The van der Waals surface area contributed by atoms with Crippen molar-refractivity contribution < 1.29 is 23.4 Å². The molecule has 1 aliphatic rings. The van der Waals surface area contributed by atoms with Crippen molar-refractivity contribution in [2.75, 3.05) is 39.5 Å². The molecular weight excluding hydrogens is 479 g/mol. The fraction of sp³-hybridized carbons (Fsp3) is 0.259. The second-order valence-corrected chi connectivity index (χ2v) is 8.52. The van der Waals surface area contributed by atoms with Crippen molar-refractivity contribution in [1.29, 1.82) is 0 Å². The van der Waals surface area contributed by atoms with E-state index >= 15 is 0 Å². The lowest BCUT2D eigenvalue weighted by Gasteiger charge is -2.26. The van der Waals surface area contributed by atoms with E-state index in [2.05, 4.69) is 14.9 Å². The molecule has 1 aliphatic heterocycles. The van der Waals surface area contributed by atoms with Gasteiger partial charge in [-0.1, -0.05) is 0 Å². The van der Waals surface area contributed by atoms with Gasteiger partial charge in [-0.05, 0) is 37.3 Å². The number of benzene rings is 1. The molecule has 3 aromatic heterocycles. The van der Waals surface area contributed by atoms with Crippen molar-refractivity contribution in [2.45, 2.75) is 6.92 Å². The molecule has 9 nitrogen and oxygen atoms in total. The van der Waals surface area contributed by atoms with Crippen LogP contribution in [0.1, 0.15) is 17.3 Å². The van der Waals surface area contributed by atoms with Crippen LogP contribution in [0, 0.1) is 5.82 Å². The Bertz CT molecular complexity index is 1500. The molecular formula is C27H25FN4O5. The summed E-state index contributed by atoms with van der Waals surface area (Å²) in [6.07, 6.45) is 4.63. The molecule has 0 aliphatic carbocycles. The third-order valence-electron chi connectivity index (χ3n) is 6.06. The highest BCUT2D eigenvalue weighted by molar-refractivity contribution is 5.93. The van der Waals surface area contributed by atoms with E-state index in [1.807, 2.05) is 0 Å². The summed E-state index contributed by atoms with van der Waals surface area (Å²) in [7, 11) is 0. The number of morpholine rings is 1. The summed E-state index contributed by atoms with van der Waals surface area (Å²) in [6.45, 7) is 5.81. The molecule has 10 heteroatoms. The van der Waals surface area contributed by atoms with Crippen LogP contribution in [-0.4, -0.2) is 64.7 Å². The smallest absolute Gasteiger partial charge is 0.265 e. The maximum absolute atomic E-state index is 15.0. The van der Waals surface area contributed by atoms with Gasteiger partial charge >= 0.3 is 0 Å². The summed E-state index contributed by atoms with van der Waals surface area (Å²) in [5, 5.41) is 0.594. The molecule has 0 bridgehead atoms. The zero-order chi connectivity index (χ0) is 25.8. The number of halogens is 1. The number of pyridine rings is 3. The van der Waals surface area contributed by atoms with E-state index < -0.39 is 11.4 Å². The average Bonchev–Trinajstić information content (AvgIpc) is 2.90. The van der Waals surface area contributed by atoms with Gasteiger partial charge in [0.2, 0.25) is 5.88 Å². The van der Waals surface area contributed by atoms with Crippen LogP contribution in [0.3, 0.4) is 0 Å². The Morgan fingerprint density at radius 2 is 1.95 bits per heavy atom. The van der Waals surface area contributed by atoms with E-state index in [1.54, 1.807) is 36.7 Å². The quantitative estimate of drug-likeness (QED) is 0.336. The Hall–Kier alpha value is -4.15. The average molecular weight is 505 g/mol. The first kappa shape index (κ1) is 24.5. The minimum absolute atomic E-state index is 0.0298. The van der Waals surface area contributed by atoms with Gasteiger partial charge in [-0.25, -0.2) is 9.37 Å². The Labute approximate surface area is 212 Å². The zero-order valence-corrected chi connectivity index (χ0v) is 20.2. The normalized spacial score (nSPS) is 14.0. The van der Waals surface area contributed by atoms with Gasteiger partial charge in [-0.2, -0.15) is 0 Å². The number of carbonyl (C=O) groups is 1. The molecule has 0 amide bonds. The number of aromatic nitrogens is 3. The monoisotopic (exact) mass is 504 g/mol. The lowest BCUT2D eigenvalue weighted by atomic mass is 10.2. The summed E-state index contributed by atoms with van der Waals surface area (Å²) in [6, 6.07) is 10.5. The predicted octanol–water partition coefficient (Wildman–Crippen LogP) is 3.63. The van der Waals surface area contributed by atoms with Crippen LogP contribution in [0.5, 0.6) is 17.4 Å². The number of hydrogen-bond acceptors (Lipinski definition) is 8. The van der Waals surface area contributed by atoms with E-state index in [0.717, 1.165) is 32.8 Å². The van der Waals surface area contributed by atoms with Crippen molar-refractivity contribution in [2.24, 2.45) is 0 Å². The SMILES string of the molecule is CC(=O)c1cccn(-c2ccc(Oc3ccnc4cc(OCCN5CCOCC5)ncc34)c(F)c2)c1=O. The second kappa shape index (κ2) is 10.9. The van der Waals surface area contributed by atoms with Crippen molar-refractivity contribution in [1.82, 2.24) is 19.4 Å². The van der Waals surface area contributed by atoms with Crippen molar-refractivity contribution in [3.05, 3.63) is 82.8 Å². The number of rotatable bonds is 8. The molecule has 37 heavy (non-hydrogen) atoms. The minimum atomic E-state index is -0.668. The first-order valence-corrected chi connectivity index (χ1v) is 11.9. The van der Waals surface area contributed by atoms with Gasteiger partial charge in [0.25, 0.3) is 5.56 Å². The van der Waals surface area contributed by atoms with Gasteiger partial charge < -0.3 is 14.2 Å². The molecule has 1 fully saturated rings. The minimum Gasteiger partial charge on any atom is -0.476 e. The summed E-state index contributed by atoms with van der Waals surface area (Å²) < 4.78 is 33.2. The highest BCUT2D eigenvalue weighted by atomic mass is 19.1. The number of ketones is 1. The first-order valence-electron chi connectivity index (χ1n) is 11.9. The summed E-state index contributed by atoms with van der Waals surface area (Å²) in [5.74, 6) is -0.237. The lowest BCUT2D eigenvalue weighted by molar-refractivity contribution is 0.0320. The van der Waals surface area contributed by atoms with Crippen molar-refractivity contribution >= 4 is 16.7 Å². The Morgan fingerprint density at radius 1 is 1.11 bits per heavy atom. The van der Waals surface area contributed by atoms with E-state index in [4.69, 9.17) is 14.2 Å². The van der Waals surface area contributed by atoms with E-state index in [1.165, 1.54) is 35.9 Å². The molecule has 0 spiro atoms. The van der Waals surface area contributed by atoms with Crippen LogP contribution in [0.15, 0.2) is 65.8 Å². The van der Waals surface area contributed by atoms with Crippen LogP contribution in [0.4, 0.5) is 4.39 Å². The summed E-state index contributed by atoms with van der Waals surface area (Å²) in [4.78, 5) is 35.3. The number of carbonyl (C=O) groups excluding carboxylic acids is 1. The first-order chi connectivity index (χ1) is 18.0. The predicted molar refractivity (Wildman–Crippen MR) is 134 cm³/mol. The maximum Gasteiger partial charge on any atom is 0.265 e. The summed E-state index contributed by atoms with van der Waals surface area (Å²) >= 11 is 0. The van der Waals surface area contributed by atoms with Crippen molar-refractivity contribution in [3.63, 3.8) is 0 Å². The third-order valence-corrected chi connectivity index (χ3v) is 6.06. The van der Waals surface area contributed by atoms with Gasteiger partial charge in [0, 0.05) is 50.4 Å². The van der Waals surface area contributed by atoms with Gasteiger partial charge in [0.15, 0.2) is 17.3 Å². The van der Waals surface area contributed by atoms with Crippen LogP contribution < -0.4 is 15.0 Å². The Kier molecular flexibility index (Phi) is 7.20. The van der Waals surface area contributed by atoms with E-state index in [-0.39, 0.29) is 22.8 Å². The maximum atomic E-state index is 15.0. The number of nitrogens with zero attached hydrogens (tertiary/aromatic N) is 4. The van der Waals surface area contributed by atoms with Crippen LogP contribution >= 0.6 is 0 Å². The van der Waals surface area contributed by atoms with Gasteiger partial charge in [-0.3, -0.25) is 24.0 Å². The molecule has 4 aromatic rings. The Balaban J connectivity index is 1.32. The standard InChI is InChI=1S/C27H25FN4O5/c1-18(33)20-3-2-8-32(27(20)34)19-4-5-25(22(28)15-19)37-24-6-7-29-23-16-26(30-17-21(23)24)36-14-11-31-9-12-35-13-10-31/h2-8,15-17H,9-14H2,1H3. The largest absolute Gasteiger partial charge is 0.476 e. The molecule has 1 aromatic carbocycles. The van der Waals surface area contributed by atoms with Gasteiger partial charge in [0.1, 0.15) is 12.4 Å².